The molecule has 0 aromatic rings. The summed E-state index contributed by atoms with van der Waals surface area (Å²) >= 11 is 0. The molecule has 8 atom stereocenters. The lowest BCUT2D eigenvalue weighted by atomic mass is 9.49. The van der Waals surface area contributed by atoms with Crippen LogP contribution in [0.1, 0.15) is 117 Å². The number of rotatable bonds is 8. The Kier molecular flexibility index (Phi) is 7.83. The Morgan fingerprint density at radius 3 is 2.33 bits per heavy atom. The minimum Gasteiger partial charge on any atom is -0.378 e. The number of hydrogen-bond acceptors (Lipinski definition) is 2. The molecule has 0 bridgehead atoms. The van der Waals surface area contributed by atoms with Gasteiger partial charge in [0.25, 0.3) is 0 Å². The summed E-state index contributed by atoms with van der Waals surface area (Å²) in [4.78, 5) is 0. The normalized spacial score (nSPS) is 43.2. The van der Waals surface area contributed by atoms with Gasteiger partial charge < -0.3 is 4.74 Å². The molecule has 2 nitrogen and oxygen atoms in total. The van der Waals surface area contributed by atoms with Crippen LogP contribution in [0.4, 0.5) is 0 Å². The summed E-state index contributed by atoms with van der Waals surface area (Å²) < 4.78 is 6.43. The fraction of sp³-hybridized carbons (Fsp3) is 0.964. The van der Waals surface area contributed by atoms with Crippen LogP contribution < -0.4 is 0 Å². The van der Waals surface area contributed by atoms with Gasteiger partial charge in [0, 0.05) is 6.61 Å². The molecule has 4 rings (SSSR count). The Hall–Kier alpha value is -0.550. The van der Waals surface area contributed by atoms with Gasteiger partial charge in [-0.1, -0.05) is 46.0 Å². The highest BCUT2D eigenvalue weighted by atomic mass is 16.5. The minimum absolute atomic E-state index is 0.0173. The Labute approximate surface area is 186 Å². The number of ether oxygens (including phenoxy) is 1. The predicted octanol–water partition coefficient (Wildman–Crippen LogP) is 7.91. The van der Waals surface area contributed by atoms with Crippen LogP contribution in [-0.2, 0) is 4.74 Å². The van der Waals surface area contributed by atoms with Gasteiger partial charge in [-0.25, -0.2) is 0 Å². The highest BCUT2D eigenvalue weighted by Crippen LogP contribution is 2.60. The van der Waals surface area contributed by atoms with Gasteiger partial charge in [-0.05, 0) is 106 Å². The van der Waals surface area contributed by atoms with E-state index in [0.29, 0.717) is 6.10 Å². The molecule has 0 aliphatic heterocycles. The summed E-state index contributed by atoms with van der Waals surface area (Å²) in [5, 5.41) is 10.1. The Balaban J connectivity index is 1.38. The maximum Gasteiger partial charge on any atom is 0.0689 e. The van der Waals surface area contributed by atoms with E-state index in [0.717, 1.165) is 48.5 Å². The van der Waals surface area contributed by atoms with Crippen molar-refractivity contribution < 1.29 is 4.74 Å². The average molecular weight is 414 g/mol. The molecule has 170 valence electrons. The highest BCUT2D eigenvalue weighted by molar-refractivity contribution is 5.07. The van der Waals surface area contributed by atoms with Crippen LogP contribution in [0.3, 0.4) is 0 Å². The standard InChI is InChI=1S/C28H47NO/c1-3-5-7-16-28(20-29)17-15-22-21(19-28)11-12-25-23-9-8-10-27(30-18-6-4-2)26(23)14-13-24(22)25/h21-27H,3-19H2,1-2H3. The molecule has 0 aromatic heterocycles. The molecule has 4 saturated carbocycles. The third-order valence-electron chi connectivity index (χ3n) is 9.95. The molecule has 0 amide bonds. The van der Waals surface area contributed by atoms with Crippen molar-refractivity contribution >= 4 is 0 Å². The zero-order valence-corrected chi connectivity index (χ0v) is 19.9. The zero-order chi connectivity index (χ0) is 21.0. The zero-order valence-electron chi connectivity index (χ0n) is 19.9. The second-order valence-electron chi connectivity index (χ2n) is 11.5. The molecule has 0 aromatic carbocycles. The van der Waals surface area contributed by atoms with Crippen LogP contribution in [0.25, 0.3) is 0 Å². The summed E-state index contributed by atoms with van der Waals surface area (Å²) in [5.74, 6) is 5.50. The summed E-state index contributed by atoms with van der Waals surface area (Å²) in [6.07, 6.45) is 21.7. The van der Waals surface area contributed by atoms with Gasteiger partial charge in [-0.15, -0.1) is 0 Å². The summed E-state index contributed by atoms with van der Waals surface area (Å²) in [7, 11) is 0. The van der Waals surface area contributed by atoms with Gasteiger partial charge in [0.2, 0.25) is 0 Å². The molecule has 0 radical (unpaired) electrons. The maximum absolute atomic E-state index is 10.1. The Bertz CT molecular complexity index is 582. The van der Waals surface area contributed by atoms with Crippen molar-refractivity contribution in [1.29, 1.82) is 5.26 Å². The van der Waals surface area contributed by atoms with Gasteiger partial charge in [0.15, 0.2) is 0 Å². The Morgan fingerprint density at radius 1 is 0.800 bits per heavy atom. The van der Waals surface area contributed by atoms with Crippen LogP contribution in [0.2, 0.25) is 0 Å². The van der Waals surface area contributed by atoms with Crippen molar-refractivity contribution in [2.75, 3.05) is 6.61 Å². The number of fused-ring (bicyclic) bond motifs is 5. The molecule has 0 heterocycles. The molecule has 4 fully saturated rings. The van der Waals surface area contributed by atoms with Crippen molar-refractivity contribution in [2.24, 2.45) is 40.9 Å². The van der Waals surface area contributed by atoms with Gasteiger partial charge in [0.05, 0.1) is 17.6 Å². The SMILES string of the molecule is CCCCCC1(C#N)CCC2C(CCC3C2CCC2C(OCCCC)CCCC23)C1. The molecular weight excluding hydrogens is 366 g/mol. The van der Waals surface area contributed by atoms with Crippen molar-refractivity contribution in [3.8, 4) is 6.07 Å². The first-order chi connectivity index (χ1) is 14.7. The van der Waals surface area contributed by atoms with E-state index in [9.17, 15) is 5.26 Å². The quantitative estimate of drug-likeness (QED) is 0.379. The second-order valence-corrected chi connectivity index (χ2v) is 11.5. The van der Waals surface area contributed by atoms with Crippen molar-refractivity contribution in [3.63, 3.8) is 0 Å². The molecular formula is C28H47NO. The van der Waals surface area contributed by atoms with E-state index in [1.807, 2.05) is 0 Å². The summed E-state index contributed by atoms with van der Waals surface area (Å²) in [6, 6.07) is 2.84. The van der Waals surface area contributed by atoms with Gasteiger partial charge in [-0.2, -0.15) is 5.26 Å². The van der Waals surface area contributed by atoms with Gasteiger partial charge in [0.1, 0.15) is 0 Å². The van der Waals surface area contributed by atoms with Crippen LogP contribution >= 0.6 is 0 Å². The summed E-state index contributed by atoms with van der Waals surface area (Å²) in [6.45, 7) is 5.53. The van der Waals surface area contributed by atoms with E-state index < -0.39 is 0 Å². The fourth-order valence-corrected chi connectivity index (χ4v) is 8.47. The molecule has 0 N–H and O–H groups in total. The molecule has 4 aliphatic carbocycles. The molecule has 2 heteroatoms. The van der Waals surface area contributed by atoms with Crippen LogP contribution in [-0.4, -0.2) is 12.7 Å². The first-order valence-electron chi connectivity index (χ1n) is 13.7. The van der Waals surface area contributed by atoms with Gasteiger partial charge in [-0.3, -0.25) is 0 Å². The second kappa shape index (κ2) is 10.4. The molecule has 0 spiro atoms. The van der Waals surface area contributed by atoms with E-state index in [1.165, 1.54) is 96.3 Å². The minimum atomic E-state index is 0.0173. The third kappa shape index (κ3) is 4.62. The molecule has 30 heavy (non-hydrogen) atoms. The Morgan fingerprint density at radius 2 is 1.53 bits per heavy atom. The molecule has 8 unspecified atom stereocenters. The molecule has 0 saturated heterocycles. The first kappa shape index (κ1) is 22.6. The largest absolute Gasteiger partial charge is 0.378 e. The molecule has 4 aliphatic rings. The predicted molar refractivity (Wildman–Crippen MR) is 124 cm³/mol. The maximum atomic E-state index is 10.1. The number of nitrogens with zero attached hydrogens (tertiary/aromatic N) is 1. The number of nitriles is 1. The third-order valence-corrected chi connectivity index (χ3v) is 9.95. The van der Waals surface area contributed by atoms with Crippen LogP contribution in [0.5, 0.6) is 0 Å². The van der Waals surface area contributed by atoms with E-state index in [-0.39, 0.29) is 5.41 Å². The number of unbranched alkanes of at least 4 members (excludes halogenated alkanes) is 3. The van der Waals surface area contributed by atoms with Crippen molar-refractivity contribution in [3.05, 3.63) is 0 Å². The van der Waals surface area contributed by atoms with Crippen LogP contribution in [0, 0.1) is 52.3 Å². The van der Waals surface area contributed by atoms with Crippen molar-refractivity contribution in [2.45, 2.75) is 123 Å². The lowest BCUT2D eigenvalue weighted by molar-refractivity contribution is -0.109. The van der Waals surface area contributed by atoms with E-state index >= 15 is 0 Å². The van der Waals surface area contributed by atoms with E-state index in [2.05, 4.69) is 19.9 Å². The monoisotopic (exact) mass is 413 g/mol. The average Bonchev–Trinajstić information content (AvgIpc) is 2.79. The summed E-state index contributed by atoms with van der Waals surface area (Å²) in [5.41, 5.74) is 0.0173. The fourth-order valence-electron chi connectivity index (χ4n) is 8.47. The number of hydrogen-bond donors (Lipinski definition) is 0. The smallest absolute Gasteiger partial charge is 0.0689 e. The van der Waals surface area contributed by atoms with E-state index in [1.54, 1.807) is 0 Å². The lowest BCUT2D eigenvalue weighted by Crippen LogP contribution is -2.50. The first-order valence-corrected chi connectivity index (χ1v) is 13.7. The topological polar surface area (TPSA) is 33.0 Å². The highest BCUT2D eigenvalue weighted by Gasteiger charge is 2.52. The van der Waals surface area contributed by atoms with Gasteiger partial charge >= 0.3 is 0 Å². The lowest BCUT2D eigenvalue weighted by Gasteiger charge is -2.57. The van der Waals surface area contributed by atoms with Crippen molar-refractivity contribution in [1.82, 2.24) is 0 Å². The van der Waals surface area contributed by atoms with E-state index in [4.69, 9.17) is 4.74 Å². The van der Waals surface area contributed by atoms with Crippen LogP contribution in [0.15, 0.2) is 0 Å².